The summed E-state index contributed by atoms with van der Waals surface area (Å²) in [6.45, 7) is 13.0. The molecule has 0 heterocycles. The van der Waals surface area contributed by atoms with Crippen molar-refractivity contribution in [3.63, 3.8) is 0 Å². The summed E-state index contributed by atoms with van der Waals surface area (Å²) in [7, 11) is 0. The summed E-state index contributed by atoms with van der Waals surface area (Å²) in [5, 5.41) is 12.6. The van der Waals surface area contributed by atoms with Gasteiger partial charge < -0.3 is 10.4 Å². The van der Waals surface area contributed by atoms with E-state index in [2.05, 4.69) is 39.9 Å². The molecule has 0 saturated carbocycles. The maximum Gasteiger partial charge on any atom is 0.0496 e. The molecule has 2 N–H and O–H groups in total. The SMILES string of the molecule is CCC(C)(CO)CNCC(C)(C)C. The van der Waals surface area contributed by atoms with Crippen LogP contribution in [0.5, 0.6) is 0 Å². The molecule has 0 bridgehead atoms. The number of aliphatic hydroxyl groups is 1. The molecule has 0 spiro atoms. The fraction of sp³-hybridized carbons (Fsp3) is 1.00. The van der Waals surface area contributed by atoms with Crippen molar-refractivity contribution in [2.24, 2.45) is 10.8 Å². The molecule has 0 radical (unpaired) electrons. The molecular formula is C11H25NO. The van der Waals surface area contributed by atoms with Gasteiger partial charge in [-0.15, -0.1) is 0 Å². The van der Waals surface area contributed by atoms with Gasteiger partial charge in [0.2, 0.25) is 0 Å². The maximum absolute atomic E-state index is 9.17. The summed E-state index contributed by atoms with van der Waals surface area (Å²) < 4.78 is 0. The van der Waals surface area contributed by atoms with Crippen molar-refractivity contribution in [3.05, 3.63) is 0 Å². The third kappa shape index (κ3) is 6.05. The van der Waals surface area contributed by atoms with Gasteiger partial charge in [0.1, 0.15) is 0 Å². The van der Waals surface area contributed by atoms with Crippen molar-refractivity contribution in [1.29, 1.82) is 0 Å². The van der Waals surface area contributed by atoms with E-state index in [-0.39, 0.29) is 12.0 Å². The first-order valence-corrected chi connectivity index (χ1v) is 5.14. The Balaban J connectivity index is 3.74. The van der Waals surface area contributed by atoms with E-state index in [4.69, 9.17) is 0 Å². The average molecular weight is 187 g/mol. The van der Waals surface area contributed by atoms with Crippen LogP contribution < -0.4 is 5.32 Å². The number of hydrogen-bond donors (Lipinski definition) is 2. The number of rotatable bonds is 5. The van der Waals surface area contributed by atoms with Crippen LogP contribution in [0, 0.1) is 10.8 Å². The van der Waals surface area contributed by atoms with Gasteiger partial charge in [0, 0.05) is 25.1 Å². The van der Waals surface area contributed by atoms with Crippen LogP contribution in [-0.2, 0) is 0 Å². The lowest BCUT2D eigenvalue weighted by atomic mass is 9.88. The lowest BCUT2D eigenvalue weighted by Gasteiger charge is -2.28. The highest BCUT2D eigenvalue weighted by Gasteiger charge is 2.21. The molecule has 0 aromatic heterocycles. The molecule has 0 aromatic rings. The Morgan fingerprint density at radius 3 is 1.92 bits per heavy atom. The Hall–Kier alpha value is -0.0800. The summed E-state index contributed by atoms with van der Waals surface area (Å²) in [5.41, 5.74) is 0.370. The highest BCUT2D eigenvalue weighted by Crippen LogP contribution is 2.19. The van der Waals surface area contributed by atoms with Crippen LogP contribution >= 0.6 is 0 Å². The van der Waals surface area contributed by atoms with Gasteiger partial charge in [0.05, 0.1) is 0 Å². The fourth-order valence-corrected chi connectivity index (χ4v) is 1.03. The first-order chi connectivity index (χ1) is 5.83. The number of hydrogen-bond acceptors (Lipinski definition) is 2. The Morgan fingerprint density at radius 2 is 1.62 bits per heavy atom. The van der Waals surface area contributed by atoms with Crippen LogP contribution in [0.25, 0.3) is 0 Å². The normalized spacial score (nSPS) is 17.1. The van der Waals surface area contributed by atoms with E-state index in [9.17, 15) is 5.11 Å². The van der Waals surface area contributed by atoms with Gasteiger partial charge in [0.25, 0.3) is 0 Å². The highest BCUT2D eigenvalue weighted by molar-refractivity contribution is 4.76. The number of aliphatic hydroxyl groups excluding tert-OH is 1. The van der Waals surface area contributed by atoms with Gasteiger partial charge in [-0.25, -0.2) is 0 Å². The lowest BCUT2D eigenvalue weighted by Crippen LogP contribution is -2.38. The first-order valence-electron chi connectivity index (χ1n) is 5.14. The van der Waals surface area contributed by atoms with E-state index >= 15 is 0 Å². The minimum absolute atomic E-state index is 0.0469. The van der Waals surface area contributed by atoms with Crippen LogP contribution in [0.1, 0.15) is 41.0 Å². The largest absolute Gasteiger partial charge is 0.396 e. The minimum atomic E-state index is 0.0469. The van der Waals surface area contributed by atoms with E-state index in [0.717, 1.165) is 19.5 Å². The van der Waals surface area contributed by atoms with Crippen molar-refractivity contribution < 1.29 is 5.11 Å². The van der Waals surface area contributed by atoms with Crippen molar-refractivity contribution >= 4 is 0 Å². The molecule has 0 aromatic carbocycles. The molecule has 80 valence electrons. The minimum Gasteiger partial charge on any atom is -0.396 e. The quantitative estimate of drug-likeness (QED) is 0.690. The summed E-state index contributed by atoms with van der Waals surface area (Å²) in [5.74, 6) is 0. The van der Waals surface area contributed by atoms with Crippen molar-refractivity contribution in [2.45, 2.75) is 41.0 Å². The topological polar surface area (TPSA) is 32.3 Å². The second-order valence-electron chi connectivity index (χ2n) is 5.49. The molecule has 0 aliphatic carbocycles. The predicted octanol–water partition coefficient (Wildman–Crippen LogP) is 2.03. The monoisotopic (exact) mass is 187 g/mol. The number of nitrogens with one attached hydrogen (secondary N) is 1. The second-order valence-corrected chi connectivity index (χ2v) is 5.49. The smallest absolute Gasteiger partial charge is 0.0496 e. The Labute approximate surface area is 82.7 Å². The van der Waals surface area contributed by atoms with Gasteiger partial charge in [-0.1, -0.05) is 34.6 Å². The summed E-state index contributed by atoms with van der Waals surface area (Å²) in [6, 6.07) is 0. The van der Waals surface area contributed by atoms with Crippen LogP contribution in [0.2, 0.25) is 0 Å². The van der Waals surface area contributed by atoms with Crippen LogP contribution in [0.3, 0.4) is 0 Å². The second kappa shape index (κ2) is 4.97. The maximum atomic E-state index is 9.17. The molecule has 0 aliphatic heterocycles. The van der Waals surface area contributed by atoms with Crippen molar-refractivity contribution in [3.8, 4) is 0 Å². The van der Waals surface area contributed by atoms with Gasteiger partial charge in [-0.2, -0.15) is 0 Å². The van der Waals surface area contributed by atoms with Gasteiger partial charge in [-0.05, 0) is 11.8 Å². The van der Waals surface area contributed by atoms with E-state index in [1.54, 1.807) is 0 Å². The lowest BCUT2D eigenvalue weighted by molar-refractivity contribution is 0.132. The highest BCUT2D eigenvalue weighted by atomic mass is 16.3. The van der Waals surface area contributed by atoms with E-state index in [0.29, 0.717) is 5.41 Å². The molecule has 0 aliphatic rings. The molecule has 0 saturated heterocycles. The molecule has 0 fully saturated rings. The molecule has 2 heteroatoms. The molecule has 13 heavy (non-hydrogen) atoms. The standard InChI is InChI=1S/C11H25NO/c1-6-11(5,9-13)8-12-7-10(2,3)4/h12-13H,6-9H2,1-5H3. The Morgan fingerprint density at radius 1 is 1.08 bits per heavy atom. The van der Waals surface area contributed by atoms with Crippen LogP contribution in [0.15, 0.2) is 0 Å². The zero-order chi connectivity index (χ0) is 10.5. The van der Waals surface area contributed by atoms with Crippen LogP contribution in [0.4, 0.5) is 0 Å². The molecule has 1 unspecified atom stereocenters. The molecule has 2 nitrogen and oxygen atoms in total. The van der Waals surface area contributed by atoms with Gasteiger partial charge in [-0.3, -0.25) is 0 Å². The molecular weight excluding hydrogens is 162 g/mol. The summed E-state index contributed by atoms with van der Waals surface area (Å²) >= 11 is 0. The Kier molecular flexibility index (Phi) is 4.93. The van der Waals surface area contributed by atoms with E-state index in [1.807, 2.05) is 0 Å². The third-order valence-corrected chi connectivity index (χ3v) is 2.44. The predicted molar refractivity (Wildman–Crippen MR) is 57.8 cm³/mol. The molecule has 0 rings (SSSR count). The molecule has 1 atom stereocenters. The molecule has 0 amide bonds. The van der Waals surface area contributed by atoms with Gasteiger partial charge in [0.15, 0.2) is 0 Å². The van der Waals surface area contributed by atoms with Gasteiger partial charge >= 0.3 is 0 Å². The summed E-state index contributed by atoms with van der Waals surface area (Å²) in [4.78, 5) is 0. The average Bonchev–Trinajstić information content (AvgIpc) is 2.02. The zero-order valence-corrected chi connectivity index (χ0v) is 9.78. The van der Waals surface area contributed by atoms with E-state index in [1.165, 1.54) is 0 Å². The summed E-state index contributed by atoms with van der Waals surface area (Å²) in [6.07, 6.45) is 1.01. The third-order valence-electron chi connectivity index (χ3n) is 2.44. The fourth-order valence-electron chi connectivity index (χ4n) is 1.03. The van der Waals surface area contributed by atoms with E-state index < -0.39 is 0 Å². The zero-order valence-electron chi connectivity index (χ0n) is 9.78. The Bertz CT molecular complexity index is 134. The van der Waals surface area contributed by atoms with Crippen LogP contribution in [-0.4, -0.2) is 24.8 Å². The van der Waals surface area contributed by atoms with Crippen molar-refractivity contribution in [2.75, 3.05) is 19.7 Å². The first kappa shape index (κ1) is 12.9. The van der Waals surface area contributed by atoms with Crippen molar-refractivity contribution in [1.82, 2.24) is 5.32 Å².